The molecular formula is C8H16N2O6. The minimum absolute atomic E-state index is 0.531. The average Bonchev–Trinajstić information content (AvgIpc) is 2.29. The summed E-state index contributed by atoms with van der Waals surface area (Å²) < 4.78 is 5.02. The fraction of sp³-hybridized carbons (Fsp3) is 0.875. The van der Waals surface area contributed by atoms with Crippen LogP contribution in [0.25, 0.3) is 0 Å². The second-order valence-electron chi connectivity index (χ2n) is 3.47. The Morgan fingerprint density at radius 1 is 1.25 bits per heavy atom. The van der Waals surface area contributed by atoms with Gasteiger partial charge in [-0.3, -0.25) is 0 Å². The molecule has 1 fully saturated rings. The number of carbonyl (C=O) groups excluding carboxylic acids is 1. The van der Waals surface area contributed by atoms with Crippen LogP contribution in [-0.2, 0) is 4.74 Å². The third kappa shape index (κ3) is 2.60. The molecular weight excluding hydrogens is 220 g/mol. The van der Waals surface area contributed by atoms with E-state index in [0.29, 0.717) is 0 Å². The van der Waals surface area contributed by atoms with Crippen LogP contribution in [0.4, 0.5) is 4.79 Å². The molecule has 8 nitrogen and oxygen atoms in total. The van der Waals surface area contributed by atoms with Gasteiger partial charge in [0.2, 0.25) is 0 Å². The van der Waals surface area contributed by atoms with Crippen molar-refractivity contribution in [2.24, 2.45) is 0 Å². The summed E-state index contributed by atoms with van der Waals surface area (Å²) in [5.74, 6) is 0. The van der Waals surface area contributed by atoms with Crippen molar-refractivity contribution >= 4 is 6.03 Å². The van der Waals surface area contributed by atoms with Gasteiger partial charge < -0.3 is 35.8 Å². The van der Waals surface area contributed by atoms with Gasteiger partial charge in [-0.2, -0.15) is 0 Å². The Bertz CT molecular complexity index is 249. The fourth-order valence-corrected chi connectivity index (χ4v) is 1.42. The van der Waals surface area contributed by atoms with E-state index >= 15 is 0 Å². The van der Waals surface area contributed by atoms with Crippen molar-refractivity contribution in [1.82, 2.24) is 10.6 Å². The molecule has 94 valence electrons. The minimum atomic E-state index is -1.49. The molecule has 6 N–H and O–H groups in total. The zero-order valence-corrected chi connectivity index (χ0v) is 8.70. The largest absolute Gasteiger partial charge is 0.394 e. The highest BCUT2D eigenvalue weighted by atomic mass is 16.6. The third-order valence-electron chi connectivity index (χ3n) is 2.39. The molecule has 1 heterocycles. The lowest BCUT2D eigenvalue weighted by atomic mass is 9.98. The highest BCUT2D eigenvalue weighted by molar-refractivity contribution is 5.73. The number of nitrogens with one attached hydrogen (secondary N) is 2. The highest BCUT2D eigenvalue weighted by Crippen LogP contribution is 2.19. The molecule has 0 spiro atoms. The maximum atomic E-state index is 11.0. The lowest BCUT2D eigenvalue weighted by molar-refractivity contribution is -0.233. The van der Waals surface area contributed by atoms with Crippen LogP contribution in [0.5, 0.6) is 0 Å². The third-order valence-corrected chi connectivity index (χ3v) is 2.39. The number of urea groups is 1. The minimum Gasteiger partial charge on any atom is -0.394 e. The standard InChI is InChI=1S/C8H16N2O6/c1-9-8(15)10-7-6(14)5(13)4(12)3(2-11)16-7/h3-7,11-14H,2H2,1H3,(H2,9,10,15)/t3-,4+,5-,6-,7-/m1/s1. The van der Waals surface area contributed by atoms with Crippen molar-refractivity contribution in [1.29, 1.82) is 0 Å². The zero-order valence-electron chi connectivity index (χ0n) is 8.70. The lowest BCUT2D eigenvalue weighted by Crippen LogP contribution is -2.63. The molecule has 0 aliphatic carbocycles. The Morgan fingerprint density at radius 2 is 1.88 bits per heavy atom. The molecule has 0 saturated carbocycles. The Balaban J connectivity index is 2.67. The van der Waals surface area contributed by atoms with Gasteiger partial charge in [-0.1, -0.05) is 0 Å². The Labute approximate surface area is 91.8 Å². The molecule has 0 bridgehead atoms. The number of ether oxygens (including phenoxy) is 1. The summed E-state index contributed by atoms with van der Waals surface area (Å²) in [6.07, 6.45) is -6.60. The average molecular weight is 236 g/mol. The van der Waals surface area contributed by atoms with E-state index in [1.807, 2.05) is 0 Å². The van der Waals surface area contributed by atoms with Crippen molar-refractivity contribution < 1.29 is 30.0 Å². The van der Waals surface area contributed by atoms with Crippen LogP contribution in [-0.4, -0.2) is 70.8 Å². The van der Waals surface area contributed by atoms with Gasteiger partial charge in [0.05, 0.1) is 6.61 Å². The lowest BCUT2D eigenvalue weighted by Gasteiger charge is -2.39. The van der Waals surface area contributed by atoms with Gasteiger partial charge in [0.25, 0.3) is 0 Å². The van der Waals surface area contributed by atoms with Crippen LogP contribution >= 0.6 is 0 Å². The van der Waals surface area contributed by atoms with Gasteiger partial charge in [-0.25, -0.2) is 4.79 Å². The van der Waals surface area contributed by atoms with Crippen LogP contribution in [0.3, 0.4) is 0 Å². The first-order valence-electron chi connectivity index (χ1n) is 4.80. The topological polar surface area (TPSA) is 131 Å². The predicted molar refractivity (Wildman–Crippen MR) is 51.4 cm³/mol. The monoisotopic (exact) mass is 236 g/mol. The number of aliphatic hydroxyl groups excluding tert-OH is 4. The van der Waals surface area contributed by atoms with E-state index in [1.165, 1.54) is 7.05 Å². The molecule has 0 aromatic carbocycles. The number of rotatable bonds is 2. The SMILES string of the molecule is CNC(=O)N[C@@H]1O[C@H](CO)[C@H](O)[C@@H](O)[C@H]1O. The van der Waals surface area contributed by atoms with Gasteiger partial charge in [0.15, 0.2) is 6.23 Å². The zero-order chi connectivity index (χ0) is 12.3. The van der Waals surface area contributed by atoms with Gasteiger partial charge >= 0.3 is 6.03 Å². The van der Waals surface area contributed by atoms with Crippen LogP contribution in [0.1, 0.15) is 0 Å². The van der Waals surface area contributed by atoms with Crippen molar-refractivity contribution in [3.8, 4) is 0 Å². The summed E-state index contributed by atoms with van der Waals surface area (Å²) in [5.41, 5.74) is 0. The first kappa shape index (κ1) is 13.1. The number of hydrogen-bond donors (Lipinski definition) is 6. The van der Waals surface area contributed by atoms with Crippen LogP contribution < -0.4 is 10.6 Å². The number of amides is 2. The van der Waals surface area contributed by atoms with Gasteiger partial charge in [-0.05, 0) is 0 Å². The van der Waals surface area contributed by atoms with E-state index in [1.54, 1.807) is 0 Å². The predicted octanol–water partition coefficient (Wildman–Crippen LogP) is -3.28. The molecule has 8 heteroatoms. The molecule has 0 radical (unpaired) electrons. The summed E-state index contributed by atoms with van der Waals surface area (Å²) in [7, 11) is 1.37. The summed E-state index contributed by atoms with van der Waals surface area (Å²) in [6.45, 7) is -0.531. The second kappa shape index (κ2) is 5.41. The number of hydrogen-bond acceptors (Lipinski definition) is 6. The van der Waals surface area contributed by atoms with Crippen LogP contribution in [0.2, 0.25) is 0 Å². The molecule has 1 aliphatic heterocycles. The maximum Gasteiger partial charge on any atom is 0.316 e. The summed E-state index contributed by atoms with van der Waals surface area (Å²) >= 11 is 0. The first-order chi connectivity index (χ1) is 7.51. The Morgan fingerprint density at radius 3 is 2.38 bits per heavy atom. The van der Waals surface area contributed by atoms with Gasteiger partial charge in [0, 0.05) is 7.05 Å². The van der Waals surface area contributed by atoms with E-state index in [-0.39, 0.29) is 0 Å². The van der Waals surface area contributed by atoms with E-state index in [9.17, 15) is 20.1 Å². The Hall–Kier alpha value is -0.930. The second-order valence-corrected chi connectivity index (χ2v) is 3.47. The van der Waals surface area contributed by atoms with E-state index < -0.39 is 43.3 Å². The van der Waals surface area contributed by atoms with Crippen molar-refractivity contribution in [3.05, 3.63) is 0 Å². The van der Waals surface area contributed by atoms with Gasteiger partial charge in [-0.15, -0.1) is 0 Å². The normalized spacial score (nSPS) is 39.2. The molecule has 16 heavy (non-hydrogen) atoms. The highest BCUT2D eigenvalue weighted by Gasteiger charge is 2.43. The van der Waals surface area contributed by atoms with Crippen LogP contribution in [0.15, 0.2) is 0 Å². The first-order valence-corrected chi connectivity index (χ1v) is 4.80. The van der Waals surface area contributed by atoms with Crippen molar-refractivity contribution in [2.75, 3.05) is 13.7 Å². The smallest absolute Gasteiger partial charge is 0.316 e. The number of aliphatic hydroxyl groups is 4. The molecule has 1 aliphatic rings. The molecule has 2 amide bonds. The molecule has 0 unspecified atom stereocenters. The number of carbonyl (C=O) groups is 1. The van der Waals surface area contributed by atoms with E-state index in [4.69, 9.17) is 9.84 Å². The van der Waals surface area contributed by atoms with Crippen LogP contribution in [0, 0.1) is 0 Å². The summed E-state index contributed by atoms with van der Waals surface area (Å²) in [5, 5.41) is 41.7. The quantitative estimate of drug-likeness (QED) is 0.298. The van der Waals surface area contributed by atoms with Gasteiger partial charge in [0.1, 0.15) is 24.4 Å². The summed E-state index contributed by atoms with van der Waals surface area (Å²) in [4.78, 5) is 11.0. The molecule has 5 atom stereocenters. The molecule has 0 aromatic heterocycles. The molecule has 1 saturated heterocycles. The van der Waals surface area contributed by atoms with Crippen molar-refractivity contribution in [3.63, 3.8) is 0 Å². The Kier molecular flexibility index (Phi) is 4.44. The van der Waals surface area contributed by atoms with Crippen molar-refractivity contribution in [2.45, 2.75) is 30.6 Å². The van der Waals surface area contributed by atoms with E-state index in [0.717, 1.165) is 0 Å². The summed E-state index contributed by atoms with van der Waals surface area (Å²) in [6, 6.07) is -0.607. The maximum absolute atomic E-state index is 11.0. The molecule has 0 aromatic rings. The van der Waals surface area contributed by atoms with E-state index in [2.05, 4.69) is 10.6 Å². The molecule has 1 rings (SSSR count). The fourth-order valence-electron chi connectivity index (χ4n) is 1.42.